The number of nitrogens with two attached hydrogens (primary N) is 1. The molecule has 0 saturated heterocycles. The molecule has 1 aromatic carbocycles. The van der Waals surface area contributed by atoms with Gasteiger partial charge in [0.05, 0.1) is 5.56 Å². The Labute approximate surface area is 128 Å². The SMILES string of the molecule is NCc1ccc(Cl)cc1Oc1ncc(C(F)(F)F)cc1Cl. The average molecular weight is 337 g/mol. The number of alkyl halides is 3. The van der Waals surface area contributed by atoms with Crippen LogP contribution in [0.4, 0.5) is 13.2 Å². The molecule has 112 valence electrons. The molecule has 0 aliphatic rings. The fraction of sp³-hybridized carbons (Fsp3) is 0.154. The second-order valence-electron chi connectivity index (χ2n) is 4.07. The second-order valence-corrected chi connectivity index (χ2v) is 4.91. The van der Waals surface area contributed by atoms with Gasteiger partial charge in [-0.1, -0.05) is 29.3 Å². The molecule has 2 N–H and O–H groups in total. The first kappa shape index (κ1) is 15.9. The molecule has 2 rings (SSSR count). The molecule has 3 nitrogen and oxygen atoms in total. The fourth-order valence-corrected chi connectivity index (χ4v) is 1.92. The normalized spacial score (nSPS) is 11.5. The van der Waals surface area contributed by atoms with Gasteiger partial charge in [-0.25, -0.2) is 4.98 Å². The third-order valence-electron chi connectivity index (χ3n) is 2.59. The van der Waals surface area contributed by atoms with Crippen molar-refractivity contribution in [2.45, 2.75) is 12.7 Å². The molecule has 0 amide bonds. The molecule has 0 spiro atoms. The third kappa shape index (κ3) is 3.78. The topological polar surface area (TPSA) is 48.1 Å². The summed E-state index contributed by atoms with van der Waals surface area (Å²) < 4.78 is 43.0. The maximum Gasteiger partial charge on any atom is 0.417 e. The highest BCUT2D eigenvalue weighted by atomic mass is 35.5. The van der Waals surface area contributed by atoms with Crippen molar-refractivity contribution in [1.82, 2.24) is 4.98 Å². The maximum absolute atomic E-state index is 12.5. The number of aromatic nitrogens is 1. The van der Waals surface area contributed by atoms with Crippen LogP contribution < -0.4 is 10.5 Å². The molecule has 0 aliphatic carbocycles. The lowest BCUT2D eigenvalue weighted by atomic mass is 10.2. The minimum Gasteiger partial charge on any atom is -0.437 e. The zero-order valence-corrected chi connectivity index (χ0v) is 11.9. The van der Waals surface area contributed by atoms with Gasteiger partial charge >= 0.3 is 6.18 Å². The summed E-state index contributed by atoms with van der Waals surface area (Å²) in [7, 11) is 0. The van der Waals surface area contributed by atoms with Crippen molar-refractivity contribution < 1.29 is 17.9 Å². The number of ether oxygens (including phenoxy) is 1. The first-order valence-electron chi connectivity index (χ1n) is 5.70. The van der Waals surface area contributed by atoms with E-state index in [-0.39, 0.29) is 17.4 Å². The summed E-state index contributed by atoms with van der Waals surface area (Å²) in [5, 5.41) is 0.137. The van der Waals surface area contributed by atoms with Gasteiger partial charge in [0.25, 0.3) is 0 Å². The van der Waals surface area contributed by atoms with E-state index in [0.717, 1.165) is 6.07 Å². The summed E-state index contributed by atoms with van der Waals surface area (Å²) in [6, 6.07) is 5.50. The minimum absolute atomic E-state index is 0.151. The number of nitrogens with zero attached hydrogens (tertiary/aromatic N) is 1. The molecule has 2 aromatic rings. The average Bonchev–Trinajstić information content (AvgIpc) is 2.40. The van der Waals surface area contributed by atoms with Crippen LogP contribution in [0.15, 0.2) is 30.5 Å². The summed E-state index contributed by atoms with van der Waals surface area (Å²) in [5.74, 6) is 0.140. The Morgan fingerprint density at radius 2 is 1.90 bits per heavy atom. The Bertz CT molecular complexity index is 662. The van der Waals surface area contributed by atoms with Crippen LogP contribution >= 0.6 is 23.2 Å². The molecule has 0 saturated carbocycles. The van der Waals surface area contributed by atoms with Crippen molar-refractivity contribution in [2.24, 2.45) is 5.73 Å². The first-order valence-corrected chi connectivity index (χ1v) is 6.46. The summed E-state index contributed by atoms with van der Waals surface area (Å²) in [4.78, 5) is 3.59. The number of hydrogen-bond acceptors (Lipinski definition) is 3. The quantitative estimate of drug-likeness (QED) is 0.886. The van der Waals surface area contributed by atoms with Crippen LogP contribution in [-0.2, 0) is 12.7 Å². The Morgan fingerprint density at radius 3 is 2.48 bits per heavy atom. The lowest BCUT2D eigenvalue weighted by molar-refractivity contribution is -0.137. The molecule has 1 aromatic heterocycles. The van der Waals surface area contributed by atoms with Crippen molar-refractivity contribution in [2.75, 3.05) is 0 Å². The van der Waals surface area contributed by atoms with E-state index in [4.69, 9.17) is 33.7 Å². The van der Waals surface area contributed by atoms with Gasteiger partial charge in [0.1, 0.15) is 10.8 Å². The molecule has 0 unspecified atom stereocenters. The van der Waals surface area contributed by atoms with Crippen LogP contribution in [0.25, 0.3) is 0 Å². The van der Waals surface area contributed by atoms with Crippen molar-refractivity contribution in [3.8, 4) is 11.6 Å². The lowest BCUT2D eigenvalue weighted by Crippen LogP contribution is -2.06. The van der Waals surface area contributed by atoms with E-state index in [2.05, 4.69) is 4.98 Å². The van der Waals surface area contributed by atoms with Gasteiger partial charge in [0.15, 0.2) is 0 Å². The van der Waals surface area contributed by atoms with E-state index >= 15 is 0 Å². The van der Waals surface area contributed by atoms with Crippen LogP contribution in [0.1, 0.15) is 11.1 Å². The Kier molecular flexibility index (Phi) is 4.61. The molecule has 0 bridgehead atoms. The van der Waals surface area contributed by atoms with E-state index in [0.29, 0.717) is 22.5 Å². The van der Waals surface area contributed by atoms with Crippen molar-refractivity contribution in [3.05, 3.63) is 51.6 Å². The monoisotopic (exact) mass is 336 g/mol. The highest BCUT2D eigenvalue weighted by Crippen LogP contribution is 2.35. The molecule has 0 fully saturated rings. The minimum atomic E-state index is -4.52. The van der Waals surface area contributed by atoms with Crippen LogP contribution in [-0.4, -0.2) is 4.98 Å². The number of rotatable bonds is 3. The lowest BCUT2D eigenvalue weighted by Gasteiger charge is -2.12. The predicted molar refractivity (Wildman–Crippen MR) is 73.7 cm³/mol. The van der Waals surface area contributed by atoms with Gasteiger partial charge in [-0.15, -0.1) is 0 Å². The van der Waals surface area contributed by atoms with E-state index in [1.807, 2.05) is 0 Å². The zero-order valence-electron chi connectivity index (χ0n) is 10.4. The Balaban J connectivity index is 2.34. The summed E-state index contributed by atoms with van der Waals surface area (Å²) in [6.07, 6.45) is -3.87. The fourth-order valence-electron chi connectivity index (χ4n) is 1.55. The number of benzene rings is 1. The third-order valence-corrected chi connectivity index (χ3v) is 3.10. The van der Waals surface area contributed by atoms with Gasteiger partial charge in [-0.3, -0.25) is 0 Å². The van der Waals surface area contributed by atoms with Crippen LogP contribution in [0.2, 0.25) is 10.0 Å². The molecular formula is C13H9Cl2F3N2O. The van der Waals surface area contributed by atoms with Crippen LogP contribution in [0, 0.1) is 0 Å². The standard InChI is InChI=1S/C13H9Cl2F3N2O/c14-9-2-1-7(5-19)11(4-9)21-12-10(15)3-8(6-20-12)13(16,17)18/h1-4,6H,5,19H2. The zero-order chi connectivity index (χ0) is 15.6. The number of halogens is 5. The maximum atomic E-state index is 12.5. The summed E-state index contributed by atoms with van der Waals surface area (Å²) in [5.41, 5.74) is 5.22. The van der Waals surface area contributed by atoms with E-state index < -0.39 is 11.7 Å². The molecule has 8 heteroatoms. The first-order chi connectivity index (χ1) is 9.81. The van der Waals surface area contributed by atoms with Crippen molar-refractivity contribution in [3.63, 3.8) is 0 Å². The van der Waals surface area contributed by atoms with E-state index in [1.165, 1.54) is 6.07 Å². The van der Waals surface area contributed by atoms with Crippen LogP contribution in [0.3, 0.4) is 0 Å². The molecule has 21 heavy (non-hydrogen) atoms. The summed E-state index contributed by atoms with van der Waals surface area (Å²) >= 11 is 11.6. The van der Waals surface area contributed by atoms with E-state index in [1.54, 1.807) is 12.1 Å². The van der Waals surface area contributed by atoms with Crippen molar-refractivity contribution in [1.29, 1.82) is 0 Å². The van der Waals surface area contributed by atoms with E-state index in [9.17, 15) is 13.2 Å². The number of hydrogen-bond donors (Lipinski definition) is 1. The van der Waals surface area contributed by atoms with Gasteiger partial charge in [0, 0.05) is 23.3 Å². The smallest absolute Gasteiger partial charge is 0.417 e. The molecule has 0 atom stereocenters. The number of pyridine rings is 1. The Morgan fingerprint density at radius 1 is 1.19 bits per heavy atom. The van der Waals surface area contributed by atoms with Gasteiger partial charge in [-0.2, -0.15) is 13.2 Å². The largest absolute Gasteiger partial charge is 0.437 e. The highest BCUT2D eigenvalue weighted by molar-refractivity contribution is 6.32. The van der Waals surface area contributed by atoms with Gasteiger partial charge in [0.2, 0.25) is 5.88 Å². The van der Waals surface area contributed by atoms with Gasteiger partial charge in [-0.05, 0) is 18.2 Å². The van der Waals surface area contributed by atoms with Crippen LogP contribution in [0.5, 0.6) is 11.6 Å². The summed E-state index contributed by atoms with van der Waals surface area (Å²) in [6.45, 7) is 0.171. The van der Waals surface area contributed by atoms with Gasteiger partial charge < -0.3 is 10.5 Å². The molecular weight excluding hydrogens is 328 g/mol. The second kappa shape index (κ2) is 6.09. The highest BCUT2D eigenvalue weighted by Gasteiger charge is 2.31. The molecule has 0 radical (unpaired) electrons. The predicted octanol–water partition coefficient (Wildman–Crippen LogP) is 4.66. The molecule has 0 aliphatic heterocycles. The Hall–Kier alpha value is -1.50. The molecule has 1 heterocycles. The van der Waals surface area contributed by atoms with Crippen molar-refractivity contribution >= 4 is 23.2 Å².